The Labute approximate surface area is 141 Å². The van der Waals surface area contributed by atoms with Crippen molar-refractivity contribution in [1.82, 2.24) is 24.8 Å². The summed E-state index contributed by atoms with van der Waals surface area (Å²) >= 11 is 0. The molecular formula is C15H18F3N5O2. The fourth-order valence-electron chi connectivity index (χ4n) is 2.86. The quantitative estimate of drug-likeness (QED) is 0.840. The molecule has 0 saturated carbocycles. The number of alkyl halides is 3. The van der Waals surface area contributed by atoms with Crippen LogP contribution in [0.1, 0.15) is 47.3 Å². The summed E-state index contributed by atoms with van der Waals surface area (Å²) in [6.45, 7) is 2.44. The van der Waals surface area contributed by atoms with Gasteiger partial charge in [-0.15, -0.1) is 0 Å². The summed E-state index contributed by atoms with van der Waals surface area (Å²) in [5.74, 6) is 0.777. The van der Waals surface area contributed by atoms with Gasteiger partial charge in [-0.25, -0.2) is 0 Å². The Kier molecular flexibility index (Phi) is 4.78. The highest BCUT2D eigenvalue weighted by atomic mass is 19.4. The van der Waals surface area contributed by atoms with Gasteiger partial charge in [-0.05, 0) is 19.8 Å². The molecule has 0 N–H and O–H groups in total. The molecule has 1 aliphatic rings. The van der Waals surface area contributed by atoms with Crippen molar-refractivity contribution in [2.75, 3.05) is 13.1 Å². The van der Waals surface area contributed by atoms with Gasteiger partial charge in [-0.2, -0.15) is 23.3 Å². The number of hydrogen-bond donors (Lipinski definition) is 0. The molecule has 0 aliphatic carbocycles. The van der Waals surface area contributed by atoms with Crippen LogP contribution >= 0.6 is 0 Å². The number of carbonyl (C=O) groups excluding carboxylic acids is 1. The average molecular weight is 357 g/mol. The van der Waals surface area contributed by atoms with Gasteiger partial charge >= 0.3 is 6.18 Å². The SMILES string of the molecule is Cc1noc(C2CCCN(C(=O)c3cnn(CCC(F)(F)F)c3)C2)n1. The molecule has 0 spiro atoms. The summed E-state index contributed by atoms with van der Waals surface area (Å²) in [7, 11) is 0. The van der Waals surface area contributed by atoms with E-state index in [1.807, 2.05) is 0 Å². The highest BCUT2D eigenvalue weighted by Gasteiger charge is 2.30. The first-order valence-electron chi connectivity index (χ1n) is 8.00. The molecule has 2 aromatic rings. The number of piperidine rings is 1. The minimum atomic E-state index is -4.25. The van der Waals surface area contributed by atoms with Crippen LogP contribution in [0, 0.1) is 6.92 Å². The minimum Gasteiger partial charge on any atom is -0.339 e. The van der Waals surface area contributed by atoms with E-state index in [4.69, 9.17) is 4.52 Å². The highest BCUT2D eigenvalue weighted by Crippen LogP contribution is 2.26. The molecule has 25 heavy (non-hydrogen) atoms. The van der Waals surface area contributed by atoms with Crippen molar-refractivity contribution in [3.8, 4) is 0 Å². The zero-order valence-corrected chi connectivity index (χ0v) is 13.7. The number of halogens is 3. The van der Waals surface area contributed by atoms with Gasteiger partial charge in [-0.1, -0.05) is 5.16 Å². The number of nitrogens with zero attached hydrogens (tertiary/aromatic N) is 5. The predicted octanol–water partition coefficient (Wildman–Crippen LogP) is 2.55. The minimum absolute atomic E-state index is 0.0285. The van der Waals surface area contributed by atoms with Gasteiger partial charge in [0.1, 0.15) is 0 Å². The van der Waals surface area contributed by atoms with Crippen LogP contribution in [0.5, 0.6) is 0 Å². The Morgan fingerprint density at radius 1 is 1.44 bits per heavy atom. The first-order chi connectivity index (χ1) is 11.8. The molecule has 2 aromatic heterocycles. The maximum atomic E-state index is 12.6. The molecule has 10 heteroatoms. The predicted molar refractivity (Wildman–Crippen MR) is 79.8 cm³/mol. The third-order valence-electron chi connectivity index (χ3n) is 4.11. The van der Waals surface area contributed by atoms with Gasteiger partial charge in [-0.3, -0.25) is 9.48 Å². The maximum Gasteiger partial charge on any atom is 0.390 e. The standard InChI is InChI=1S/C15H18F3N5O2/c1-10-20-13(25-21-10)11-3-2-5-22(8-11)14(24)12-7-19-23(9-12)6-4-15(16,17)18/h7,9,11H,2-6,8H2,1H3. The Hall–Kier alpha value is -2.39. The molecular weight excluding hydrogens is 339 g/mol. The maximum absolute atomic E-state index is 12.6. The fraction of sp³-hybridized carbons (Fsp3) is 0.600. The van der Waals surface area contributed by atoms with E-state index in [2.05, 4.69) is 15.2 Å². The van der Waals surface area contributed by atoms with Crippen molar-refractivity contribution >= 4 is 5.91 Å². The third kappa shape index (κ3) is 4.37. The number of amides is 1. The van der Waals surface area contributed by atoms with Gasteiger partial charge in [0.2, 0.25) is 5.89 Å². The molecule has 1 fully saturated rings. The Bertz CT molecular complexity index is 740. The van der Waals surface area contributed by atoms with E-state index in [9.17, 15) is 18.0 Å². The smallest absolute Gasteiger partial charge is 0.339 e. The van der Waals surface area contributed by atoms with E-state index >= 15 is 0 Å². The van der Waals surface area contributed by atoms with E-state index < -0.39 is 12.6 Å². The molecule has 3 heterocycles. The highest BCUT2D eigenvalue weighted by molar-refractivity contribution is 5.93. The molecule has 3 rings (SSSR count). The van der Waals surface area contributed by atoms with Crippen molar-refractivity contribution < 1.29 is 22.5 Å². The van der Waals surface area contributed by atoms with Crippen molar-refractivity contribution in [2.24, 2.45) is 0 Å². The van der Waals surface area contributed by atoms with Crippen LogP contribution in [-0.4, -0.2) is 50.0 Å². The lowest BCUT2D eigenvalue weighted by Gasteiger charge is -2.30. The van der Waals surface area contributed by atoms with Crippen molar-refractivity contribution in [2.45, 2.75) is 44.8 Å². The molecule has 1 amide bonds. The Morgan fingerprint density at radius 3 is 2.92 bits per heavy atom. The Morgan fingerprint density at radius 2 is 2.24 bits per heavy atom. The van der Waals surface area contributed by atoms with Crippen LogP contribution in [0.25, 0.3) is 0 Å². The topological polar surface area (TPSA) is 77.0 Å². The van der Waals surface area contributed by atoms with Crippen molar-refractivity contribution in [3.05, 3.63) is 29.7 Å². The van der Waals surface area contributed by atoms with Crippen LogP contribution in [0.3, 0.4) is 0 Å². The van der Waals surface area contributed by atoms with E-state index in [1.165, 1.54) is 12.4 Å². The summed E-state index contributed by atoms with van der Waals surface area (Å²) < 4.78 is 43.1. The fourth-order valence-corrected chi connectivity index (χ4v) is 2.86. The first-order valence-corrected chi connectivity index (χ1v) is 8.00. The van der Waals surface area contributed by atoms with Crippen molar-refractivity contribution in [1.29, 1.82) is 0 Å². The summed E-state index contributed by atoms with van der Waals surface area (Å²) in [4.78, 5) is 18.4. The van der Waals surface area contributed by atoms with E-state index in [-0.39, 0.29) is 23.9 Å². The lowest BCUT2D eigenvalue weighted by Crippen LogP contribution is -2.39. The van der Waals surface area contributed by atoms with Crippen LogP contribution in [0.2, 0.25) is 0 Å². The summed E-state index contributed by atoms with van der Waals surface area (Å²) in [5.41, 5.74) is 0.282. The van der Waals surface area contributed by atoms with E-state index in [1.54, 1.807) is 11.8 Å². The number of rotatable bonds is 4. The Balaban J connectivity index is 1.63. The number of aromatic nitrogens is 4. The zero-order chi connectivity index (χ0) is 18.0. The van der Waals surface area contributed by atoms with Crippen LogP contribution in [0.4, 0.5) is 13.2 Å². The lowest BCUT2D eigenvalue weighted by molar-refractivity contribution is -0.137. The van der Waals surface area contributed by atoms with Gasteiger partial charge in [0.15, 0.2) is 5.82 Å². The second-order valence-electron chi connectivity index (χ2n) is 6.13. The molecule has 0 bridgehead atoms. The molecule has 1 saturated heterocycles. The summed E-state index contributed by atoms with van der Waals surface area (Å²) in [5, 5.41) is 7.61. The number of carbonyl (C=O) groups is 1. The number of likely N-dealkylation sites (tertiary alicyclic amines) is 1. The normalized spacial score (nSPS) is 18.6. The lowest BCUT2D eigenvalue weighted by atomic mass is 9.97. The van der Waals surface area contributed by atoms with Gasteiger partial charge < -0.3 is 9.42 Å². The average Bonchev–Trinajstić information content (AvgIpc) is 3.21. The molecule has 1 aliphatic heterocycles. The number of aryl methyl sites for hydroxylation is 2. The molecule has 0 radical (unpaired) electrons. The molecule has 7 nitrogen and oxygen atoms in total. The van der Waals surface area contributed by atoms with Crippen molar-refractivity contribution in [3.63, 3.8) is 0 Å². The first kappa shape index (κ1) is 17.4. The molecule has 1 atom stereocenters. The zero-order valence-electron chi connectivity index (χ0n) is 13.7. The van der Waals surface area contributed by atoms with Crippen LogP contribution < -0.4 is 0 Å². The van der Waals surface area contributed by atoms with E-state index in [0.29, 0.717) is 24.8 Å². The van der Waals surface area contributed by atoms with Crippen LogP contribution in [0.15, 0.2) is 16.9 Å². The largest absolute Gasteiger partial charge is 0.390 e. The third-order valence-corrected chi connectivity index (χ3v) is 4.11. The summed E-state index contributed by atoms with van der Waals surface area (Å²) in [6, 6.07) is 0. The van der Waals surface area contributed by atoms with Gasteiger partial charge in [0.25, 0.3) is 5.91 Å². The second kappa shape index (κ2) is 6.85. The van der Waals surface area contributed by atoms with E-state index in [0.717, 1.165) is 17.5 Å². The monoisotopic (exact) mass is 357 g/mol. The second-order valence-corrected chi connectivity index (χ2v) is 6.13. The molecule has 1 unspecified atom stereocenters. The number of hydrogen-bond acceptors (Lipinski definition) is 5. The van der Waals surface area contributed by atoms with Crippen LogP contribution in [-0.2, 0) is 6.54 Å². The summed E-state index contributed by atoms with van der Waals surface area (Å²) in [6.07, 6.45) is -0.937. The van der Waals surface area contributed by atoms with Gasteiger partial charge in [0.05, 0.1) is 24.1 Å². The molecule has 136 valence electrons. The van der Waals surface area contributed by atoms with Gasteiger partial charge in [0, 0.05) is 25.8 Å². The molecule has 0 aromatic carbocycles.